The number of benzene rings is 2. The maximum absolute atomic E-state index is 12.7. The fourth-order valence-corrected chi connectivity index (χ4v) is 3.22. The summed E-state index contributed by atoms with van der Waals surface area (Å²) in [7, 11) is 0. The van der Waals surface area contributed by atoms with Gasteiger partial charge in [-0.2, -0.15) is 0 Å². The average Bonchev–Trinajstić information content (AvgIpc) is 3.21. The molecule has 4 rings (SSSR count). The van der Waals surface area contributed by atoms with Crippen molar-refractivity contribution >= 4 is 17.4 Å². The lowest BCUT2D eigenvalue weighted by Crippen LogP contribution is -2.25. The molecule has 29 heavy (non-hydrogen) atoms. The van der Waals surface area contributed by atoms with Crippen molar-refractivity contribution in [2.75, 3.05) is 18.2 Å². The average molecular weight is 390 g/mol. The van der Waals surface area contributed by atoms with Crippen LogP contribution in [0.25, 0.3) is 0 Å². The van der Waals surface area contributed by atoms with Crippen LogP contribution in [0.2, 0.25) is 0 Å². The molecule has 7 nitrogen and oxygen atoms in total. The molecular formula is C22H22N4O3. The number of hydrogen-bond acceptors (Lipinski definition) is 6. The Balaban J connectivity index is 1.51. The Morgan fingerprint density at radius 3 is 2.66 bits per heavy atom. The van der Waals surface area contributed by atoms with E-state index in [0.717, 1.165) is 23.5 Å². The van der Waals surface area contributed by atoms with Crippen molar-refractivity contribution in [3.8, 4) is 11.5 Å². The first kappa shape index (κ1) is 18.7. The molecule has 3 aromatic rings. The Bertz CT molecular complexity index is 1020. The fraction of sp³-hybridized carbons (Fsp3) is 0.227. The molecule has 148 valence electrons. The van der Waals surface area contributed by atoms with Crippen LogP contribution in [-0.4, -0.2) is 29.2 Å². The van der Waals surface area contributed by atoms with E-state index in [1.807, 2.05) is 60.4 Å². The molecule has 1 aromatic heterocycles. The Hall–Kier alpha value is -3.61. The highest BCUT2D eigenvalue weighted by Crippen LogP contribution is 2.32. The molecule has 0 saturated heterocycles. The molecule has 2 aromatic carbocycles. The summed E-state index contributed by atoms with van der Waals surface area (Å²) in [5, 5.41) is 2.91. The normalized spacial score (nSPS) is 11.9. The number of aromatic nitrogens is 2. The van der Waals surface area contributed by atoms with E-state index in [9.17, 15) is 4.79 Å². The van der Waals surface area contributed by atoms with Crippen LogP contribution < -0.4 is 19.7 Å². The maximum atomic E-state index is 12.7. The highest BCUT2D eigenvalue weighted by molar-refractivity contribution is 5.93. The molecule has 7 heteroatoms. The predicted molar refractivity (Wildman–Crippen MR) is 110 cm³/mol. The van der Waals surface area contributed by atoms with Gasteiger partial charge >= 0.3 is 0 Å². The Morgan fingerprint density at radius 1 is 1.07 bits per heavy atom. The van der Waals surface area contributed by atoms with Gasteiger partial charge in [0, 0.05) is 24.8 Å². The van der Waals surface area contributed by atoms with Crippen molar-refractivity contribution in [3.63, 3.8) is 0 Å². The van der Waals surface area contributed by atoms with Crippen LogP contribution in [-0.2, 0) is 6.54 Å². The summed E-state index contributed by atoms with van der Waals surface area (Å²) in [6.07, 6.45) is 0. The molecule has 0 spiro atoms. The third kappa shape index (κ3) is 4.13. The van der Waals surface area contributed by atoms with Gasteiger partial charge in [0.25, 0.3) is 5.91 Å². The minimum Gasteiger partial charge on any atom is -0.454 e. The van der Waals surface area contributed by atoms with E-state index in [2.05, 4.69) is 15.3 Å². The first-order valence-electron chi connectivity index (χ1n) is 9.49. The lowest BCUT2D eigenvalue weighted by molar-refractivity contribution is 0.0945. The van der Waals surface area contributed by atoms with Crippen molar-refractivity contribution in [1.29, 1.82) is 0 Å². The van der Waals surface area contributed by atoms with E-state index in [-0.39, 0.29) is 12.7 Å². The predicted octanol–water partition coefficient (Wildman–Crippen LogP) is 3.60. The summed E-state index contributed by atoms with van der Waals surface area (Å²) in [6, 6.07) is 17.3. The first-order valence-corrected chi connectivity index (χ1v) is 9.49. The summed E-state index contributed by atoms with van der Waals surface area (Å²) in [5.74, 6) is 2.40. The standard InChI is InChI=1S/C22H22N4O3/c1-3-26(17-7-5-4-6-8-17)21-12-18(24-15(2)25-21)22(27)23-13-16-9-10-19-20(11-16)29-14-28-19/h4-12H,3,13-14H2,1-2H3,(H,23,27). The fourth-order valence-electron chi connectivity index (χ4n) is 3.22. The van der Waals surface area contributed by atoms with Crippen LogP contribution in [0.5, 0.6) is 11.5 Å². The van der Waals surface area contributed by atoms with Crippen molar-refractivity contribution in [3.05, 3.63) is 71.7 Å². The second-order valence-electron chi connectivity index (χ2n) is 6.61. The van der Waals surface area contributed by atoms with Gasteiger partial charge in [-0.05, 0) is 43.7 Å². The smallest absolute Gasteiger partial charge is 0.270 e. The van der Waals surface area contributed by atoms with E-state index < -0.39 is 0 Å². The van der Waals surface area contributed by atoms with Gasteiger partial charge in [-0.25, -0.2) is 9.97 Å². The quantitative estimate of drug-likeness (QED) is 0.693. The number of ether oxygens (including phenoxy) is 2. The molecular weight excluding hydrogens is 368 g/mol. The topological polar surface area (TPSA) is 76.6 Å². The maximum Gasteiger partial charge on any atom is 0.270 e. The Kier molecular flexibility index (Phi) is 5.29. The van der Waals surface area contributed by atoms with E-state index in [0.29, 0.717) is 29.6 Å². The number of nitrogens with one attached hydrogen (secondary N) is 1. The number of nitrogens with zero attached hydrogens (tertiary/aromatic N) is 3. The number of aryl methyl sites for hydroxylation is 1. The molecule has 2 heterocycles. The minimum absolute atomic E-state index is 0.226. The molecule has 0 aliphatic carbocycles. The summed E-state index contributed by atoms with van der Waals surface area (Å²) in [4.78, 5) is 23.6. The zero-order chi connectivity index (χ0) is 20.2. The number of fused-ring (bicyclic) bond motifs is 1. The number of hydrogen-bond donors (Lipinski definition) is 1. The lowest BCUT2D eigenvalue weighted by Gasteiger charge is -2.22. The van der Waals surface area contributed by atoms with Crippen molar-refractivity contribution in [2.45, 2.75) is 20.4 Å². The summed E-state index contributed by atoms with van der Waals surface area (Å²) in [6.45, 7) is 5.15. The molecule has 1 aliphatic rings. The van der Waals surface area contributed by atoms with Gasteiger partial charge in [-0.15, -0.1) is 0 Å². The van der Waals surface area contributed by atoms with E-state index >= 15 is 0 Å². The molecule has 1 N–H and O–H groups in total. The van der Waals surface area contributed by atoms with Crippen molar-refractivity contribution < 1.29 is 14.3 Å². The molecule has 0 saturated carbocycles. The van der Waals surface area contributed by atoms with Gasteiger partial charge in [-0.3, -0.25) is 4.79 Å². The number of rotatable bonds is 6. The zero-order valence-corrected chi connectivity index (χ0v) is 16.4. The Morgan fingerprint density at radius 2 is 1.86 bits per heavy atom. The third-order valence-electron chi connectivity index (χ3n) is 4.61. The minimum atomic E-state index is -0.251. The monoisotopic (exact) mass is 390 g/mol. The van der Waals surface area contributed by atoms with Gasteiger partial charge in [0.05, 0.1) is 0 Å². The van der Waals surface area contributed by atoms with Crippen molar-refractivity contribution in [1.82, 2.24) is 15.3 Å². The summed E-state index contributed by atoms with van der Waals surface area (Å²) in [5.41, 5.74) is 2.27. The van der Waals surface area contributed by atoms with Gasteiger partial charge in [0.2, 0.25) is 6.79 Å². The van der Waals surface area contributed by atoms with Crippen LogP contribution in [0.1, 0.15) is 28.8 Å². The molecule has 0 fully saturated rings. The Labute approximate surface area is 169 Å². The number of anilines is 2. The number of carbonyl (C=O) groups excluding carboxylic acids is 1. The molecule has 0 atom stereocenters. The molecule has 1 aliphatic heterocycles. The highest BCUT2D eigenvalue weighted by Gasteiger charge is 2.16. The highest BCUT2D eigenvalue weighted by atomic mass is 16.7. The molecule has 1 amide bonds. The summed E-state index contributed by atoms with van der Waals surface area (Å²) >= 11 is 0. The SMILES string of the molecule is CCN(c1ccccc1)c1cc(C(=O)NCc2ccc3c(c2)OCO3)nc(C)n1. The third-order valence-corrected chi connectivity index (χ3v) is 4.61. The zero-order valence-electron chi connectivity index (χ0n) is 16.4. The largest absolute Gasteiger partial charge is 0.454 e. The molecule has 0 bridgehead atoms. The number of para-hydroxylation sites is 1. The first-order chi connectivity index (χ1) is 14.1. The van der Waals surface area contributed by atoms with Crippen LogP contribution in [0.3, 0.4) is 0 Å². The van der Waals surface area contributed by atoms with Crippen molar-refractivity contribution in [2.24, 2.45) is 0 Å². The van der Waals surface area contributed by atoms with Gasteiger partial charge in [0.15, 0.2) is 11.5 Å². The van der Waals surface area contributed by atoms with Gasteiger partial charge in [-0.1, -0.05) is 24.3 Å². The van der Waals surface area contributed by atoms with Crippen LogP contribution in [0.15, 0.2) is 54.6 Å². The second kappa shape index (κ2) is 8.18. The lowest BCUT2D eigenvalue weighted by atomic mass is 10.2. The van der Waals surface area contributed by atoms with Crippen LogP contribution in [0, 0.1) is 6.92 Å². The number of amides is 1. The second-order valence-corrected chi connectivity index (χ2v) is 6.61. The van der Waals surface area contributed by atoms with E-state index in [4.69, 9.17) is 9.47 Å². The molecule has 0 radical (unpaired) electrons. The van der Waals surface area contributed by atoms with Gasteiger partial charge in [0.1, 0.15) is 17.3 Å². The number of carbonyl (C=O) groups is 1. The summed E-state index contributed by atoms with van der Waals surface area (Å²) < 4.78 is 10.7. The van der Waals surface area contributed by atoms with Crippen LogP contribution in [0.4, 0.5) is 11.5 Å². The van der Waals surface area contributed by atoms with E-state index in [1.54, 1.807) is 13.0 Å². The van der Waals surface area contributed by atoms with Crippen LogP contribution >= 0.6 is 0 Å². The van der Waals surface area contributed by atoms with Gasteiger partial charge < -0.3 is 19.7 Å². The molecule has 0 unspecified atom stereocenters. The van der Waals surface area contributed by atoms with E-state index in [1.165, 1.54) is 0 Å².